The maximum atomic E-state index is 5.87. The molecule has 1 heterocycles. The van der Waals surface area contributed by atoms with Crippen molar-refractivity contribution in [2.24, 2.45) is 5.73 Å². The molecule has 0 aliphatic rings. The molecule has 0 saturated carbocycles. The molecule has 0 saturated heterocycles. The topological polar surface area (TPSA) is 74.2 Å². The van der Waals surface area contributed by atoms with Crippen molar-refractivity contribution in [2.75, 3.05) is 7.11 Å². The van der Waals surface area contributed by atoms with Gasteiger partial charge in [0.05, 0.1) is 18.7 Å². The fraction of sp³-hybridized carbons (Fsp3) is 0.231. The van der Waals surface area contributed by atoms with Gasteiger partial charge in [0.25, 0.3) is 0 Å². The van der Waals surface area contributed by atoms with Crippen LogP contribution >= 0.6 is 0 Å². The second-order valence-electron chi connectivity index (χ2n) is 3.79. The largest absolute Gasteiger partial charge is 0.496 e. The Labute approximate surface area is 105 Å². The van der Waals surface area contributed by atoms with Gasteiger partial charge in [-0.1, -0.05) is 23.4 Å². The van der Waals surface area contributed by atoms with E-state index in [1.165, 1.54) is 0 Å². The van der Waals surface area contributed by atoms with E-state index in [9.17, 15) is 0 Å². The van der Waals surface area contributed by atoms with Crippen molar-refractivity contribution in [3.8, 4) is 17.1 Å². The molecule has 1 aromatic heterocycles. The molecule has 94 valence electrons. The van der Waals surface area contributed by atoms with E-state index in [0.717, 1.165) is 5.56 Å². The van der Waals surface area contributed by atoms with Crippen LogP contribution in [0.15, 0.2) is 41.4 Å². The lowest BCUT2D eigenvalue weighted by Gasteiger charge is -2.03. The Morgan fingerprint density at radius 1 is 1.50 bits per heavy atom. The highest BCUT2D eigenvalue weighted by Gasteiger charge is 2.16. The highest BCUT2D eigenvalue weighted by atomic mass is 16.5. The third kappa shape index (κ3) is 2.41. The fourth-order valence-electron chi connectivity index (χ4n) is 1.60. The van der Waals surface area contributed by atoms with Crippen molar-refractivity contribution in [3.63, 3.8) is 0 Å². The fourth-order valence-corrected chi connectivity index (χ4v) is 1.60. The van der Waals surface area contributed by atoms with Crippen LogP contribution in [0.2, 0.25) is 0 Å². The Morgan fingerprint density at radius 2 is 2.28 bits per heavy atom. The maximum Gasteiger partial charge on any atom is 0.244 e. The van der Waals surface area contributed by atoms with Gasteiger partial charge in [0, 0.05) is 0 Å². The van der Waals surface area contributed by atoms with Gasteiger partial charge >= 0.3 is 0 Å². The van der Waals surface area contributed by atoms with Gasteiger partial charge in [-0.15, -0.1) is 6.58 Å². The van der Waals surface area contributed by atoms with Crippen LogP contribution in [-0.2, 0) is 0 Å². The first-order valence-electron chi connectivity index (χ1n) is 5.59. The molecule has 2 N–H and O–H groups in total. The normalized spacial score (nSPS) is 12.1. The summed E-state index contributed by atoms with van der Waals surface area (Å²) in [5.74, 6) is 1.57. The van der Waals surface area contributed by atoms with Gasteiger partial charge in [0.2, 0.25) is 11.7 Å². The van der Waals surface area contributed by atoms with Gasteiger partial charge in [-0.05, 0) is 18.6 Å². The summed E-state index contributed by atoms with van der Waals surface area (Å²) >= 11 is 0. The molecule has 2 aromatic rings. The minimum absolute atomic E-state index is 0.321. The third-order valence-electron chi connectivity index (χ3n) is 2.53. The molecule has 2 rings (SSSR count). The highest BCUT2D eigenvalue weighted by molar-refractivity contribution is 5.63. The lowest BCUT2D eigenvalue weighted by atomic mass is 10.2. The molecule has 0 amide bonds. The molecule has 0 aliphatic carbocycles. The molecular formula is C13H15N3O2. The van der Waals surface area contributed by atoms with Crippen LogP contribution in [0.4, 0.5) is 0 Å². The van der Waals surface area contributed by atoms with E-state index in [0.29, 0.717) is 23.9 Å². The van der Waals surface area contributed by atoms with Crippen molar-refractivity contribution < 1.29 is 9.26 Å². The second kappa shape index (κ2) is 5.46. The number of ether oxygens (including phenoxy) is 1. The average molecular weight is 245 g/mol. The lowest BCUT2D eigenvalue weighted by Crippen LogP contribution is -2.09. The summed E-state index contributed by atoms with van der Waals surface area (Å²) in [5, 5.41) is 3.92. The molecule has 0 radical (unpaired) electrons. The lowest BCUT2D eigenvalue weighted by molar-refractivity contribution is 0.355. The van der Waals surface area contributed by atoms with E-state index in [-0.39, 0.29) is 6.04 Å². The molecule has 1 aromatic carbocycles. The Bertz CT molecular complexity index is 537. The Hall–Kier alpha value is -2.14. The zero-order valence-corrected chi connectivity index (χ0v) is 10.2. The van der Waals surface area contributed by atoms with E-state index in [1.807, 2.05) is 24.3 Å². The van der Waals surface area contributed by atoms with Gasteiger partial charge in [-0.3, -0.25) is 0 Å². The zero-order valence-electron chi connectivity index (χ0n) is 10.2. The number of nitrogens with zero attached hydrogens (tertiary/aromatic N) is 2. The smallest absolute Gasteiger partial charge is 0.244 e. The van der Waals surface area contributed by atoms with Crippen LogP contribution in [0.5, 0.6) is 5.75 Å². The summed E-state index contributed by atoms with van der Waals surface area (Å²) < 4.78 is 10.4. The predicted octanol–water partition coefficient (Wildman–Crippen LogP) is 2.32. The van der Waals surface area contributed by atoms with Gasteiger partial charge < -0.3 is 15.0 Å². The maximum absolute atomic E-state index is 5.87. The number of rotatable bonds is 5. The van der Waals surface area contributed by atoms with Crippen molar-refractivity contribution in [1.29, 1.82) is 0 Å². The van der Waals surface area contributed by atoms with Gasteiger partial charge in [-0.2, -0.15) is 4.98 Å². The SMILES string of the molecule is C=CCC(N)c1nc(-c2ccccc2OC)no1. The first-order chi connectivity index (χ1) is 8.76. The number of para-hydroxylation sites is 1. The third-order valence-corrected chi connectivity index (χ3v) is 2.53. The van der Waals surface area contributed by atoms with E-state index in [1.54, 1.807) is 13.2 Å². The molecule has 1 atom stereocenters. The number of methoxy groups -OCH3 is 1. The van der Waals surface area contributed by atoms with Crippen LogP contribution in [0, 0.1) is 0 Å². The van der Waals surface area contributed by atoms with Crippen LogP contribution in [0.1, 0.15) is 18.4 Å². The van der Waals surface area contributed by atoms with Gasteiger partial charge in [-0.25, -0.2) is 0 Å². The molecule has 5 heteroatoms. The molecule has 0 bridgehead atoms. The average Bonchev–Trinajstić information content (AvgIpc) is 2.88. The Morgan fingerprint density at radius 3 is 3.00 bits per heavy atom. The standard InChI is InChI=1S/C13H15N3O2/c1-3-6-10(14)13-15-12(16-18-13)9-7-4-5-8-11(9)17-2/h3-5,7-8,10H,1,6,14H2,2H3. The highest BCUT2D eigenvalue weighted by Crippen LogP contribution is 2.28. The van der Waals surface area contributed by atoms with Gasteiger partial charge in [0.15, 0.2) is 0 Å². The summed E-state index contributed by atoms with van der Waals surface area (Å²) in [6.07, 6.45) is 2.31. The minimum Gasteiger partial charge on any atom is -0.496 e. The van der Waals surface area contributed by atoms with E-state index < -0.39 is 0 Å². The Kier molecular flexibility index (Phi) is 3.74. The summed E-state index contributed by atoms with van der Waals surface area (Å²) in [6, 6.07) is 7.16. The van der Waals surface area contributed by atoms with E-state index in [2.05, 4.69) is 16.7 Å². The second-order valence-corrected chi connectivity index (χ2v) is 3.79. The van der Waals surface area contributed by atoms with Crippen molar-refractivity contribution in [3.05, 3.63) is 42.8 Å². The van der Waals surface area contributed by atoms with Crippen molar-refractivity contribution in [2.45, 2.75) is 12.5 Å². The molecule has 0 spiro atoms. The van der Waals surface area contributed by atoms with Crippen molar-refractivity contribution in [1.82, 2.24) is 10.1 Å². The van der Waals surface area contributed by atoms with E-state index in [4.69, 9.17) is 15.0 Å². The van der Waals surface area contributed by atoms with Crippen LogP contribution in [0.3, 0.4) is 0 Å². The Balaban J connectivity index is 2.32. The summed E-state index contributed by atoms with van der Waals surface area (Å²) in [7, 11) is 1.60. The van der Waals surface area contributed by atoms with Crippen LogP contribution in [-0.4, -0.2) is 17.3 Å². The quantitative estimate of drug-likeness (QED) is 0.818. The number of hydrogen-bond donors (Lipinski definition) is 1. The van der Waals surface area contributed by atoms with Crippen LogP contribution in [0.25, 0.3) is 11.4 Å². The van der Waals surface area contributed by atoms with Crippen molar-refractivity contribution >= 4 is 0 Å². The number of nitrogens with two attached hydrogens (primary N) is 1. The first kappa shape index (κ1) is 12.3. The minimum atomic E-state index is -0.321. The van der Waals surface area contributed by atoms with Gasteiger partial charge in [0.1, 0.15) is 5.75 Å². The molecule has 1 unspecified atom stereocenters. The summed E-state index contributed by atoms with van der Waals surface area (Å²) in [6.45, 7) is 3.63. The molecule has 18 heavy (non-hydrogen) atoms. The molecule has 0 fully saturated rings. The monoisotopic (exact) mass is 245 g/mol. The summed E-state index contributed by atoms with van der Waals surface area (Å²) in [5.41, 5.74) is 6.65. The predicted molar refractivity (Wildman–Crippen MR) is 68.0 cm³/mol. The zero-order chi connectivity index (χ0) is 13.0. The summed E-state index contributed by atoms with van der Waals surface area (Å²) in [4.78, 5) is 4.28. The van der Waals surface area contributed by atoms with Crippen LogP contribution < -0.4 is 10.5 Å². The number of benzene rings is 1. The molecule has 5 nitrogen and oxygen atoms in total. The molecule has 0 aliphatic heterocycles. The number of hydrogen-bond acceptors (Lipinski definition) is 5. The number of aromatic nitrogens is 2. The molecular weight excluding hydrogens is 230 g/mol. The van der Waals surface area contributed by atoms with E-state index >= 15 is 0 Å². The first-order valence-corrected chi connectivity index (χ1v) is 5.59.